The Labute approximate surface area is 212 Å². The molecule has 0 bridgehead atoms. The Hall–Kier alpha value is -4.12. The van der Waals surface area contributed by atoms with Gasteiger partial charge in [0, 0.05) is 35.9 Å². The number of pyridine rings is 2. The fraction of sp³-hybridized carbons (Fsp3) is 0.0800. The molecule has 0 N–H and O–H groups in total. The van der Waals surface area contributed by atoms with Crippen molar-refractivity contribution in [2.45, 2.75) is 12.7 Å². The minimum atomic E-state index is -4.95. The van der Waals surface area contributed by atoms with Gasteiger partial charge in [-0.3, -0.25) is 14.8 Å². The summed E-state index contributed by atoms with van der Waals surface area (Å²) in [6, 6.07) is 12.4. The largest absolute Gasteiger partial charge is 0.573 e. The first-order chi connectivity index (χ1) is 17.0. The number of carbonyl (C=O) groups excluding carboxylic acids is 1. The molecule has 0 fully saturated rings. The Kier molecular flexibility index (Phi) is 8.07. The van der Waals surface area contributed by atoms with E-state index in [1.165, 1.54) is 49.1 Å². The van der Waals surface area contributed by atoms with Gasteiger partial charge in [0.1, 0.15) is 11.5 Å². The highest BCUT2D eigenvalue weighted by Gasteiger charge is 2.33. The summed E-state index contributed by atoms with van der Waals surface area (Å²) in [5.41, 5.74) is 0.971. The van der Waals surface area contributed by atoms with Gasteiger partial charge in [0.15, 0.2) is 5.78 Å². The van der Waals surface area contributed by atoms with Gasteiger partial charge < -0.3 is 9.47 Å². The van der Waals surface area contributed by atoms with E-state index in [-0.39, 0.29) is 34.7 Å². The van der Waals surface area contributed by atoms with Crippen LogP contribution in [-0.2, 0) is 0 Å². The highest BCUT2D eigenvalue weighted by atomic mass is 35.5. The SMILES string of the molecule is Cl.O=C(c1ccc(OC(F)(F)F)cc1-c1ccncc1)c1ccc(OC(F)(F)F)cc1-c1ccncc1. The standard InChI is InChI=1S/C25H14F6N2O3.ClH/c26-24(27,28)35-17-1-3-19(21(13-17)15-5-9-32-10-6-15)23(34)20-4-2-18(36-25(29,30)31)14-22(20)16-7-11-33-12-8-16;/h1-14H;1H. The first kappa shape index (κ1) is 27.5. The summed E-state index contributed by atoms with van der Waals surface area (Å²) >= 11 is 0. The monoisotopic (exact) mass is 540 g/mol. The molecule has 0 radical (unpaired) electrons. The normalized spacial score (nSPS) is 11.4. The van der Waals surface area contributed by atoms with Gasteiger partial charge in [-0.05, 0) is 82.9 Å². The van der Waals surface area contributed by atoms with Crippen LogP contribution in [0.4, 0.5) is 26.3 Å². The first-order valence-corrected chi connectivity index (χ1v) is 10.2. The molecule has 0 saturated heterocycles. The minimum absolute atomic E-state index is 0. The Morgan fingerprint density at radius 3 is 1.27 bits per heavy atom. The van der Waals surface area contributed by atoms with Crippen molar-refractivity contribution in [3.05, 3.63) is 96.6 Å². The van der Waals surface area contributed by atoms with Crippen molar-refractivity contribution in [2.24, 2.45) is 0 Å². The van der Waals surface area contributed by atoms with Gasteiger partial charge in [0.2, 0.25) is 0 Å². The van der Waals surface area contributed by atoms with Gasteiger partial charge in [-0.25, -0.2) is 0 Å². The molecule has 0 aliphatic heterocycles. The quantitative estimate of drug-likeness (QED) is 0.190. The molecule has 0 spiro atoms. The molecular weight excluding hydrogens is 526 g/mol. The second-order valence-corrected chi connectivity index (χ2v) is 7.31. The van der Waals surface area contributed by atoms with E-state index >= 15 is 0 Å². The average Bonchev–Trinajstić information content (AvgIpc) is 2.83. The van der Waals surface area contributed by atoms with Crippen molar-refractivity contribution in [3.63, 3.8) is 0 Å². The third-order valence-corrected chi connectivity index (χ3v) is 4.92. The molecule has 4 aromatic rings. The molecule has 2 aromatic heterocycles. The van der Waals surface area contributed by atoms with Gasteiger partial charge in [-0.2, -0.15) is 0 Å². The zero-order valence-corrected chi connectivity index (χ0v) is 19.2. The summed E-state index contributed by atoms with van der Waals surface area (Å²) < 4.78 is 84.8. The number of benzene rings is 2. The number of hydrogen-bond acceptors (Lipinski definition) is 5. The minimum Gasteiger partial charge on any atom is -0.406 e. The third-order valence-electron chi connectivity index (χ3n) is 4.92. The molecule has 2 aromatic carbocycles. The maximum Gasteiger partial charge on any atom is 0.573 e. The Morgan fingerprint density at radius 2 is 0.946 bits per heavy atom. The van der Waals surface area contributed by atoms with Crippen LogP contribution in [0.3, 0.4) is 0 Å². The van der Waals surface area contributed by atoms with E-state index in [0.717, 1.165) is 36.4 Å². The molecular formula is C25H15ClF6N2O3. The van der Waals surface area contributed by atoms with Crippen LogP contribution in [0.1, 0.15) is 15.9 Å². The molecule has 2 heterocycles. The molecule has 0 aliphatic rings. The number of hydrogen-bond donors (Lipinski definition) is 0. The van der Waals surface area contributed by atoms with E-state index in [1.54, 1.807) is 0 Å². The van der Waals surface area contributed by atoms with Crippen LogP contribution in [0.25, 0.3) is 22.3 Å². The van der Waals surface area contributed by atoms with Crippen LogP contribution in [-0.4, -0.2) is 28.5 Å². The second-order valence-electron chi connectivity index (χ2n) is 7.31. The van der Waals surface area contributed by atoms with E-state index in [9.17, 15) is 31.1 Å². The molecule has 0 unspecified atom stereocenters. The molecule has 192 valence electrons. The van der Waals surface area contributed by atoms with Crippen LogP contribution in [0.5, 0.6) is 11.5 Å². The molecule has 5 nitrogen and oxygen atoms in total. The Bertz CT molecular complexity index is 1280. The lowest BCUT2D eigenvalue weighted by Crippen LogP contribution is -2.17. The zero-order chi connectivity index (χ0) is 25.9. The van der Waals surface area contributed by atoms with E-state index in [2.05, 4.69) is 19.4 Å². The number of aromatic nitrogens is 2. The van der Waals surface area contributed by atoms with E-state index in [4.69, 9.17) is 0 Å². The molecule has 4 rings (SSSR count). The van der Waals surface area contributed by atoms with Gasteiger partial charge in [-0.15, -0.1) is 38.7 Å². The summed E-state index contributed by atoms with van der Waals surface area (Å²) in [6.45, 7) is 0. The third kappa shape index (κ3) is 6.98. The number of carbonyl (C=O) groups is 1. The van der Waals surface area contributed by atoms with E-state index in [0.29, 0.717) is 11.1 Å². The predicted octanol–water partition coefficient (Wildman–Crippen LogP) is 7.26. The number of alkyl halides is 6. The fourth-order valence-electron chi connectivity index (χ4n) is 3.52. The number of halogens is 7. The molecule has 0 aliphatic carbocycles. The number of rotatable bonds is 6. The Balaban J connectivity index is 0.00000380. The van der Waals surface area contributed by atoms with Crippen LogP contribution >= 0.6 is 12.4 Å². The van der Waals surface area contributed by atoms with Gasteiger partial charge in [-0.1, -0.05) is 0 Å². The zero-order valence-electron chi connectivity index (χ0n) is 18.4. The smallest absolute Gasteiger partial charge is 0.406 e. The summed E-state index contributed by atoms with van der Waals surface area (Å²) in [4.78, 5) is 21.4. The van der Waals surface area contributed by atoms with E-state index < -0.39 is 30.0 Å². The summed E-state index contributed by atoms with van der Waals surface area (Å²) in [5, 5.41) is 0. The van der Waals surface area contributed by atoms with Crippen molar-refractivity contribution >= 4 is 18.2 Å². The van der Waals surface area contributed by atoms with Crippen molar-refractivity contribution in [1.29, 1.82) is 0 Å². The van der Waals surface area contributed by atoms with Crippen LogP contribution in [0.2, 0.25) is 0 Å². The van der Waals surface area contributed by atoms with Gasteiger partial charge in [0.05, 0.1) is 0 Å². The van der Waals surface area contributed by atoms with Gasteiger partial charge >= 0.3 is 12.7 Å². The van der Waals surface area contributed by atoms with Gasteiger partial charge in [0.25, 0.3) is 0 Å². The topological polar surface area (TPSA) is 61.3 Å². The highest BCUT2D eigenvalue weighted by Crippen LogP contribution is 2.36. The Morgan fingerprint density at radius 1 is 0.595 bits per heavy atom. The number of nitrogens with zero attached hydrogens (tertiary/aromatic N) is 2. The lowest BCUT2D eigenvalue weighted by molar-refractivity contribution is -0.275. The molecule has 12 heteroatoms. The number of ketones is 1. The lowest BCUT2D eigenvalue weighted by atomic mass is 9.90. The maximum atomic E-state index is 13.7. The highest BCUT2D eigenvalue weighted by molar-refractivity contribution is 6.16. The van der Waals surface area contributed by atoms with Crippen molar-refractivity contribution in [2.75, 3.05) is 0 Å². The van der Waals surface area contributed by atoms with E-state index in [1.807, 2.05) is 0 Å². The second kappa shape index (κ2) is 10.9. The molecule has 37 heavy (non-hydrogen) atoms. The fourth-order valence-corrected chi connectivity index (χ4v) is 3.52. The average molecular weight is 541 g/mol. The molecule has 0 atom stereocenters. The first-order valence-electron chi connectivity index (χ1n) is 10.2. The summed E-state index contributed by atoms with van der Waals surface area (Å²) in [6.07, 6.45) is -4.33. The summed E-state index contributed by atoms with van der Waals surface area (Å²) in [5.74, 6) is -1.74. The van der Waals surface area contributed by atoms with Crippen LogP contribution in [0.15, 0.2) is 85.5 Å². The van der Waals surface area contributed by atoms with Crippen LogP contribution in [0, 0.1) is 0 Å². The van der Waals surface area contributed by atoms with Crippen molar-refractivity contribution in [1.82, 2.24) is 9.97 Å². The molecule has 0 saturated carbocycles. The lowest BCUT2D eigenvalue weighted by Gasteiger charge is -2.16. The van der Waals surface area contributed by atoms with Crippen molar-refractivity contribution < 1.29 is 40.6 Å². The molecule has 0 amide bonds. The summed E-state index contributed by atoms with van der Waals surface area (Å²) in [7, 11) is 0. The number of ether oxygens (including phenoxy) is 2. The van der Waals surface area contributed by atoms with Crippen LogP contribution < -0.4 is 9.47 Å². The van der Waals surface area contributed by atoms with Crippen molar-refractivity contribution in [3.8, 4) is 33.8 Å². The predicted molar refractivity (Wildman–Crippen MR) is 123 cm³/mol. The maximum absolute atomic E-state index is 13.7.